The summed E-state index contributed by atoms with van der Waals surface area (Å²) < 4.78 is 0. The standard InChI is InChI=1S/C14H25NO2/c1-4-13(16)8-11-6-7-12(15(3)10-11)9-14(17)5-2/h6-7,11-13,16H,4-5,8-10H2,1-3H3. The Balaban J connectivity index is 2.48. The summed E-state index contributed by atoms with van der Waals surface area (Å²) in [5.41, 5.74) is 0. The maximum absolute atomic E-state index is 11.4. The summed E-state index contributed by atoms with van der Waals surface area (Å²) in [7, 11) is 2.06. The van der Waals surface area contributed by atoms with E-state index in [4.69, 9.17) is 0 Å². The molecule has 0 aromatic rings. The van der Waals surface area contributed by atoms with Gasteiger partial charge >= 0.3 is 0 Å². The Bertz CT molecular complexity index is 275. The molecule has 0 aromatic carbocycles. The molecular weight excluding hydrogens is 214 g/mol. The molecule has 0 aromatic heterocycles. The molecule has 0 amide bonds. The summed E-state index contributed by atoms with van der Waals surface area (Å²) in [4.78, 5) is 13.7. The van der Waals surface area contributed by atoms with Gasteiger partial charge in [0.25, 0.3) is 0 Å². The number of aliphatic hydroxyl groups excluding tert-OH is 1. The van der Waals surface area contributed by atoms with E-state index in [9.17, 15) is 9.90 Å². The molecule has 0 saturated heterocycles. The van der Waals surface area contributed by atoms with Crippen molar-refractivity contribution < 1.29 is 9.90 Å². The highest BCUT2D eigenvalue weighted by Gasteiger charge is 2.23. The second-order valence-corrected chi connectivity index (χ2v) is 5.05. The van der Waals surface area contributed by atoms with Crippen LogP contribution in [0.25, 0.3) is 0 Å². The summed E-state index contributed by atoms with van der Waals surface area (Å²) in [6, 6.07) is 0.248. The fourth-order valence-electron chi connectivity index (χ4n) is 2.27. The van der Waals surface area contributed by atoms with Crippen LogP contribution in [0.15, 0.2) is 12.2 Å². The van der Waals surface area contributed by atoms with Crippen molar-refractivity contribution in [2.24, 2.45) is 5.92 Å². The van der Waals surface area contributed by atoms with Crippen LogP contribution in [0.4, 0.5) is 0 Å². The van der Waals surface area contributed by atoms with Crippen LogP contribution in [0.5, 0.6) is 0 Å². The first-order valence-corrected chi connectivity index (χ1v) is 6.65. The first kappa shape index (κ1) is 14.4. The smallest absolute Gasteiger partial charge is 0.134 e. The van der Waals surface area contributed by atoms with Crippen LogP contribution in [0, 0.1) is 5.92 Å². The summed E-state index contributed by atoms with van der Waals surface area (Å²) in [6.07, 6.45) is 6.98. The molecule has 0 aliphatic carbocycles. The van der Waals surface area contributed by atoms with Crippen molar-refractivity contribution in [1.82, 2.24) is 4.90 Å². The van der Waals surface area contributed by atoms with Crippen molar-refractivity contribution in [2.45, 2.75) is 51.7 Å². The monoisotopic (exact) mass is 239 g/mol. The van der Waals surface area contributed by atoms with E-state index in [2.05, 4.69) is 24.1 Å². The topological polar surface area (TPSA) is 40.5 Å². The molecule has 3 heteroatoms. The number of nitrogens with zero attached hydrogens (tertiary/aromatic N) is 1. The number of rotatable bonds is 6. The average molecular weight is 239 g/mol. The van der Waals surface area contributed by atoms with Gasteiger partial charge in [-0.25, -0.2) is 0 Å². The van der Waals surface area contributed by atoms with E-state index in [-0.39, 0.29) is 12.1 Å². The zero-order valence-corrected chi connectivity index (χ0v) is 11.2. The fourth-order valence-corrected chi connectivity index (χ4v) is 2.27. The number of hydrogen-bond donors (Lipinski definition) is 1. The van der Waals surface area contributed by atoms with Crippen molar-refractivity contribution in [3.05, 3.63) is 12.2 Å². The number of ketones is 1. The van der Waals surface area contributed by atoms with Crippen LogP contribution in [-0.4, -0.2) is 41.5 Å². The number of hydrogen-bond acceptors (Lipinski definition) is 3. The average Bonchev–Trinajstić information content (AvgIpc) is 2.32. The van der Waals surface area contributed by atoms with E-state index in [1.54, 1.807) is 0 Å². The summed E-state index contributed by atoms with van der Waals surface area (Å²) >= 11 is 0. The van der Waals surface area contributed by atoms with E-state index in [1.807, 2.05) is 13.8 Å². The summed E-state index contributed by atoms with van der Waals surface area (Å²) in [5.74, 6) is 0.737. The number of carbonyl (C=O) groups is 1. The minimum atomic E-state index is -0.202. The Morgan fingerprint density at radius 3 is 2.71 bits per heavy atom. The van der Waals surface area contributed by atoms with Gasteiger partial charge in [0.1, 0.15) is 5.78 Å². The largest absolute Gasteiger partial charge is 0.393 e. The highest BCUT2D eigenvalue weighted by Crippen LogP contribution is 2.20. The minimum absolute atomic E-state index is 0.202. The quantitative estimate of drug-likeness (QED) is 0.721. The number of carbonyl (C=O) groups excluding carboxylic acids is 1. The molecule has 1 aliphatic rings. The molecule has 98 valence electrons. The summed E-state index contributed by atoms with van der Waals surface area (Å²) in [5, 5.41) is 9.64. The number of aliphatic hydroxyl groups is 1. The van der Waals surface area contributed by atoms with E-state index >= 15 is 0 Å². The lowest BCUT2D eigenvalue weighted by atomic mass is 9.93. The van der Waals surface area contributed by atoms with Crippen LogP contribution in [0.3, 0.4) is 0 Å². The van der Waals surface area contributed by atoms with Gasteiger partial charge in [-0.1, -0.05) is 26.0 Å². The second-order valence-electron chi connectivity index (χ2n) is 5.05. The lowest BCUT2D eigenvalue weighted by Gasteiger charge is -2.33. The lowest BCUT2D eigenvalue weighted by Crippen LogP contribution is -2.39. The molecule has 1 rings (SSSR count). The Hall–Kier alpha value is -0.670. The molecule has 3 nitrogen and oxygen atoms in total. The van der Waals surface area contributed by atoms with E-state index < -0.39 is 0 Å². The van der Waals surface area contributed by atoms with Crippen molar-refractivity contribution in [2.75, 3.05) is 13.6 Å². The Labute approximate surface area is 105 Å². The zero-order chi connectivity index (χ0) is 12.8. The fraction of sp³-hybridized carbons (Fsp3) is 0.786. The molecule has 1 heterocycles. The van der Waals surface area contributed by atoms with Crippen molar-refractivity contribution in [1.29, 1.82) is 0 Å². The molecule has 3 unspecified atom stereocenters. The van der Waals surface area contributed by atoms with Crippen LogP contribution in [0.1, 0.15) is 39.5 Å². The maximum Gasteiger partial charge on any atom is 0.134 e. The molecule has 0 fully saturated rings. The third-order valence-electron chi connectivity index (χ3n) is 3.57. The SMILES string of the molecule is CCC(=O)CC1C=CC(CC(O)CC)CN1C. The molecule has 1 N–H and O–H groups in total. The Morgan fingerprint density at radius 1 is 1.47 bits per heavy atom. The highest BCUT2D eigenvalue weighted by molar-refractivity contribution is 5.78. The van der Waals surface area contributed by atoms with Gasteiger partial charge in [0.05, 0.1) is 6.10 Å². The summed E-state index contributed by atoms with van der Waals surface area (Å²) in [6.45, 7) is 4.86. The van der Waals surface area contributed by atoms with Crippen LogP contribution >= 0.6 is 0 Å². The van der Waals surface area contributed by atoms with Gasteiger partial charge in [0, 0.05) is 25.4 Å². The first-order valence-electron chi connectivity index (χ1n) is 6.65. The van der Waals surface area contributed by atoms with Gasteiger partial charge in [-0.15, -0.1) is 0 Å². The first-order chi connectivity index (χ1) is 8.06. The van der Waals surface area contributed by atoms with Gasteiger partial charge < -0.3 is 5.11 Å². The molecule has 1 aliphatic heterocycles. The molecule has 0 saturated carbocycles. The van der Waals surface area contributed by atoms with Gasteiger partial charge in [0.15, 0.2) is 0 Å². The number of Topliss-reactive ketones (excluding diaryl/α,β-unsaturated/α-hetero) is 1. The minimum Gasteiger partial charge on any atom is -0.393 e. The van der Waals surface area contributed by atoms with Gasteiger partial charge in [-0.3, -0.25) is 9.69 Å². The lowest BCUT2D eigenvalue weighted by molar-refractivity contribution is -0.119. The van der Waals surface area contributed by atoms with Crippen molar-refractivity contribution in [3.63, 3.8) is 0 Å². The molecule has 3 atom stereocenters. The molecule has 0 bridgehead atoms. The van der Waals surface area contributed by atoms with E-state index in [1.165, 1.54) is 0 Å². The molecule has 0 spiro atoms. The van der Waals surface area contributed by atoms with E-state index in [0.29, 0.717) is 24.5 Å². The normalized spacial score (nSPS) is 27.1. The van der Waals surface area contributed by atoms with Gasteiger partial charge in [-0.2, -0.15) is 0 Å². The molecule has 0 radical (unpaired) electrons. The Morgan fingerprint density at radius 2 is 2.18 bits per heavy atom. The maximum atomic E-state index is 11.4. The predicted octanol–water partition coefficient (Wildman–Crippen LogP) is 2.00. The van der Waals surface area contributed by atoms with E-state index in [0.717, 1.165) is 19.4 Å². The highest BCUT2D eigenvalue weighted by atomic mass is 16.3. The second kappa shape index (κ2) is 6.92. The van der Waals surface area contributed by atoms with Crippen LogP contribution in [0.2, 0.25) is 0 Å². The third-order valence-corrected chi connectivity index (χ3v) is 3.57. The van der Waals surface area contributed by atoms with Crippen molar-refractivity contribution in [3.8, 4) is 0 Å². The number of likely N-dealkylation sites (N-methyl/N-ethyl adjacent to an activating group) is 1. The third kappa shape index (κ3) is 4.60. The van der Waals surface area contributed by atoms with Crippen molar-refractivity contribution >= 4 is 5.78 Å². The van der Waals surface area contributed by atoms with Crippen LogP contribution < -0.4 is 0 Å². The predicted molar refractivity (Wildman–Crippen MR) is 69.9 cm³/mol. The molecular formula is C14H25NO2. The molecule has 17 heavy (non-hydrogen) atoms. The Kier molecular flexibility index (Phi) is 5.86. The van der Waals surface area contributed by atoms with Crippen LogP contribution in [-0.2, 0) is 4.79 Å². The van der Waals surface area contributed by atoms with Gasteiger partial charge in [-0.05, 0) is 25.8 Å². The zero-order valence-electron chi connectivity index (χ0n) is 11.2. The van der Waals surface area contributed by atoms with Gasteiger partial charge in [0.2, 0.25) is 0 Å².